The van der Waals surface area contributed by atoms with Crippen LogP contribution in [0.5, 0.6) is 5.75 Å². The van der Waals surface area contributed by atoms with Gasteiger partial charge in [0.05, 0.1) is 13.2 Å². The standard InChI is InChI=1S/C13H15ClN2O2/c1-13(2,8-15)12(17)16-7-9-6-10(14)4-5-11(9)18-3/h4-6H,7H2,1-3H3,(H,16,17). The molecule has 0 aromatic heterocycles. The van der Waals surface area contributed by atoms with E-state index in [1.54, 1.807) is 39.2 Å². The highest BCUT2D eigenvalue weighted by Gasteiger charge is 2.26. The fourth-order valence-corrected chi connectivity index (χ4v) is 1.53. The molecule has 0 fully saturated rings. The minimum Gasteiger partial charge on any atom is -0.496 e. The summed E-state index contributed by atoms with van der Waals surface area (Å²) in [5.41, 5.74) is -0.279. The van der Waals surface area contributed by atoms with Gasteiger partial charge >= 0.3 is 0 Å². The zero-order chi connectivity index (χ0) is 13.8. The highest BCUT2D eigenvalue weighted by Crippen LogP contribution is 2.23. The van der Waals surface area contributed by atoms with Gasteiger partial charge in [0.25, 0.3) is 0 Å². The van der Waals surface area contributed by atoms with Gasteiger partial charge in [-0.1, -0.05) is 11.6 Å². The van der Waals surface area contributed by atoms with Crippen molar-refractivity contribution in [1.82, 2.24) is 5.32 Å². The molecule has 1 rings (SSSR count). The summed E-state index contributed by atoms with van der Waals surface area (Å²) in [4.78, 5) is 11.7. The van der Waals surface area contributed by atoms with Crippen molar-refractivity contribution in [2.45, 2.75) is 20.4 Å². The summed E-state index contributed by atoms with van der Waals surface area (Å²) >= 11 is 5.89. The molecule has 1 aromatic rings. The number of halogens is 1. The first-order chi connectivity index (χ1) is 8.40. The van der Waals surface area contributed by atoms with Gasteiger partial charge in [0.2, 0.25) is 5.91 Å². The summed E-state index contributed by atoms with van der Waals surface area (Å²) in [5, 5.41) is 12.1. The van der Waals surface area contributed by atoms with Crippen molar-refractivity contribution in [3.05, 3.63) is 28.8 Å². The van der Waals surface area contributed by atoms with E-state index in [1.807, 2.05) is 6.07 Å². The zero-order valence-corrected chi connectivity index (χ0v) is 11.3. The van der Waals surface area contributed by atoms with Crippen molar-refractivity contribution < 1.29 is 9.53 Å². The first-order valence-corrected chi connectivity index (χ1v) is 5.80. The molecule has 0 aliphatic heterocycles. The van der Waals surface area contributed by atoms with Crippen molar-refractivity contribution in [2.75, 3.05) is 7.11 Å². The van der Waals surface area contributed by atoms with Crippen LogP contribution in [-0.4, -0.2) is 13.0 Å². The van der Waals surface area contributed by atoms with Crippen LogP contribution in [0.4, 0.5) is 0 Å². The van der Waals surface area contributed by atoms with Gasteiger partial charge in [-0.15, -0.1) is 0 Å². The van der Waals surface area contributed by atoms with Gasteiger partial charge in [0.1, 0.15) is 11.2 Å². The van der Waals surface area contributed by atoms with Crippen LogP contribution in [0.15, 0.2) is 18.2 Å². The zero-order valence-electron chi connectivity index (χ0n) is 10.6. The summed E-state index contributed by atoms with van der Waals surface area (Å²) in [7, 11) is 1.55. The van der Waals surface area contributed by atoms with Crippen LogP contribution >= 0.6 is 11.6 Å². The Morgan fingerprint density at radius 1 is 1.56 bits per heavy atom. The van der Waals surface area contributed by atoms with E-state index in [0.717, 1.165) is 5.56 Å². The van der Waals surface area contributed by atoms with E-state index in [2.05, 4.69) is 5.32 Å². The van der Waals surface area contributed by atoms with Gasteiger partial charge in [0.15, 0.2) is 0 Å². The number of rotatable bonds is 4. The highest BCUT2D eigenvalue weighted by molar-refractivity contribution is 6.30. The maximum absolute atomic E-state index is 11.7. The highest BCUT2D eigenvalue weighted by atomic mass is 35.5. The lowest BCUT2D eigenvalue weighted by molar-refractivity contribution is -0.126. The largest absolute Gasteiger partial charge is 0.496 e. The van der Waals surface area contributed by atoms with Crippen LogP contribution in [-0.2, 0) is 11.3 Å². The molecule has 0 aliphatic carbocycles. The van der Waals surface area contributed by atoms with Crippen LogP contribution in [0.2, 0.25) is 5.02 Å². The predicted octanol–water partition coefficient (Wildman–Crippen LogP) is 2.51. The van der Waals surface area contributed by atoms with E-state index >= 15 is 0 Å². The van der Waals surface area contributed by atoms with Crippen molar-refractivity contribution in [3.63, 3.8) is 0 Å². The Balaban J connectivity index is 2.78. The van der Waals surface area contributed by atoms with E-state index in [0.29, 0.717) is 10.8 Å². The van der Waals surface area contributed by atoms with Crippen molar-refractivity contribution in [3.8, 4) is 11.8 Å². The van der Waals surface area contributed by atoms with Gasteiger partial charge in [-0.3, -0.25) is 4.79 Å². The number of hydrogen-bond acceptors (Lipinski definition) is 3. The van der Waals surface area contributed by atoms with Crippen molar-refractivity contribution in [2.24, 2.45) is 5.41 Å². The molecule has 0 atom stereocenters. The van der Waals surface area contributed by atoms with Crippen molar-refractivity contribution >= 4 is 17.5 Å². The summed E-state index contributed by atoms with van der Waals surface area (Å²) in [6.07, 6.45) is 0. The fraction of sp³-hybridized carbons (Fsp3) is 0.385. The van der Waals surface area contributed by atoms with Crippen LogP contribution in [0, 0.1) is 16.7 Å². The third-order valence-electron chi connectivity index (χ3n) is 2.53. The van der Waals surface area contributed by atoms with Crippen LogP contribution in [0.1, 0.15) is 19.4 Å². The molecule has 96 valence electrons. The number of hydrogen-bond donors (Lipinski definition) is 1. The molecule has 1 amide bonds. The predicted molar refractivity (Wildman–Crippen MR) is 69.2 cm³/mol. The molecule has 1 N–H and O–H groups in total. The summed E-state index contributed by atoms with van der Waals surface area (Å²) in [5.74, 6) is 0.321. The third-order valence-corrected chi connectivity index (χ3v) is 2.76. The lowest BCUT2D eigenvalue weighted by Crippen LogP contribution is -2.35. The third kappa shape index (κ3) is 3.38. The second kappa shape index (κ2) is 5.74. The molecule has 0 bridgehead atoms. The summed E-state index contributed by atoms with van der Waals surface area (Å²) in [6, 6.07) is 7.12. The Bertz CT molecular complexity index is 492. The van der Waals surface area contributed by atoms with E-state index in [1.165, 1.54) is 0 Å². The molecule has 0 radical (unpaired) electrons. The molecule has 18 heavy (non-hydrogen) atoms. The lowest BCUT2D eigenvalue weighted by Gasteiger charge is -2.16. The van der Waals surface area contributed by atoms with Gasteiger partial charge in [0, 0.05) is 17.1 Å². The number of ether oxygens (including phenoxy) is 1. The van der Waals surface area contributed by atoms with E-state index in [-0.39, 0.29) is 12.5 Å². The number of methoxy groups -OCH3 is 1. The average molecular weight is 267 g/mol. The Morgan fingerprint density at radius 2 is 2.22 bits per heavy atom. The van der Waals surface area contributed by atoms with Crippen LogP contribution in [0.25, 0.3) is 0 Å². The molecule has 5 heteroatoms. The first kappa shape index (κ1) is 14.3. The molecule has 0 unspecified atom stereocenters. The van der Waals surface area contributed by atoms with Crippen molar-refractivity contribution in [1.29, 1.82) is 5.26 Å². The minimum absolute atomic E-state index is 0.272. The molecule has 1 aromatic carbocycles. The number of nitrogens with zero attached hydrogens (tertiary/aromatic N) is 1. The Hall–Kier alpha value is -1.73. The second-order valence-corrected chi connectivity index (χ2v) is 4.81. The number of nitriles is 1. The Kier molecular flexibility index (Phi) is 4.57. The average Bonchev–Trinajstić information content (AvgIpc) is 2.36. The Morgan fingerprint density at radius 3 is 2.78 bits per heavy atom. The topological polar surface area (TPSA) is 62.1 Å². The molecule has 0 saturated heterocycles. The fourth-order valence-electron chi connectivity index (χ4n) is 1.33. The first-order valence-electron chi connectivity index (χ1n) is 5.42. The lowest BCUT2D eigenvalue weighted by atomic mass is 9.94. The van der Waals surface area contributed by atoms with Gasteiger partial charge in [-0.2, -0.15) is 5.26 Å². The normalized spacial score (nSPS) is 10.6. The molecule has 0 heterocycles. The van der Waals surface area contributed by atoms with Gasteiger partial charge in [-0.25, -0.2) is 0 Å². The molecular weight excluding hydrogens is 252 g/mol. The number of nitrogens with one attached hydrogen (secondary N) is 1. The quantitative estimate of drug-likeness (QED) is 0.911. The maximum Gasteiger partial charge on any atom is 0.240 e. The molecule has 0 spiro atoms. The molecular formula is C13H15ClN2O2. The van der Waals surface area contributed by atoms with Gasteiger partial charge in [-0.05, 0) is 32.0 Å². The van der Waals surface area contributed by atoms with Crippen LogP contribution in [0.3, 0.4) is 0 Å². The number of carbonyl (C=O) groups excluding carboxylic acids is 1. The smallest absolute Gasteiger partial charge is 0.240 e. The molecule has 4 nitrogen and oxygen atoms in total. The minimum atomic E-state index is -1.05. The van der Waals surface area contributed by atoms with E-state index in [4.69, 9.17) is 21.6 Å². The molecule has 0 aliphatic rings. The van der Waals surface area contributed by atoms with E-state index in [9.17, 15) is 4.79 Å². The van der Waals surface area contributed by atoms with Gasteiger partial charge < -0.3 is 10.1 Å². The van der Waals surface area contributed by atoms with Crippen LogP contribution < -0.4 is 10.1 Å². The van der Waals surface area contributed by atoms with E-state index < -0.39 is 5.41 Å². The monoisotopic (exact) mass is 266 g/mol. The second-order valence-electron chi connectivity index (χ2n) is 4.38. The summed E-state index contributed by atoms with van der Waals surface area (Å²) in [6.45, 7) is 3.41. The number of benzene rings is 1. The molecule has 0 saturated carbocycles. The summed E-state index contributed by atoms with van der Waals surface area (Å²) < 4.78 is 5.17. The number of carbonyl (C=O) groups is 1. The SMILES string of the molecule is COc1ccc(Cl)cc1CNC(=O)C(C)(C)C#N. The number of amides is 1. The maximum atomic E-state index is 11.7. The Labute approximate surface area is 112 Å².